The largest absolute Gasteiger partial charge is 0.338 e. The van der Waals surface area contributed by atoms with Gasteiger partial charge in [0.05, 0.1) is 0 Å². The Hall–Kier alpha value is -2.40. The fourth-order valence-electron chi connectivity index (χ4n) is 3.43. The molecule has 2 N–H and O–H groups in total. The molecule has 1 saturated heterocycles. The minimum Gasteiger partial charge on any atom is -0.338 e. The number of rotatable bonds is 5. The van der Waals surface area contributed by atoms with Crippen molar-refractivity contribution < 1.29 is 9.18 Å². The smallest absolute Gasteiger partial charge is 0.319 e. The van der Waals surface area contributed by atoms with Crippen molar-refractivity contribution in [2.24, 2.45) is 5.92 Å². The molecular formula is C22H28FN3O. The third-order valence-electron chi connectivity index (χ3n) is 5.34. The van der Waals surface area contributed by atoms with Gasteiger partial charge in [-0.3, -0.25) is 4.90 Å². The molecule has 1 aliphatic rings. The lowest BCUT2D eigenvalue weighted by molar-refractivity contribution is 0.175. The molecule has 0 atom stereocenters. The van der Waals surface area contributed by atoms with E-state index in [-0.39, 0.29) is 11.8 Å². The van der Waals surface area contributed by atoms with Gasteiger partial charge in [0.25, 0.3) is 0 Å². The number of carbonyl (C=O) groups excluding carboxylic acids is 1. The molecule has 2 aromatic rings. The second kappa shape index (κ2) is 9.00. The summed E-state index contributed by atoms with van der Waals surface area (Å²) in [5, 5.41) is 5.90. The lowest BCUT2D eigenvalue weighted by Crippen LogP contribution is -2.39. The van der Waals surface area contributed by atoms with Gasteiger partial charge in [0.15, 0.2) is 0 Å². The third kappa shape index (κ3) is 5.79. The lowest BCUT2D eigenvalue weighted by Gasteiger charge is -2.32. The summed E-state index contributed by atoms with van der Waals surface area (Å²) in [7, 11) is 0. The first-order valence-electron chi connectivity index (χ1n) is 9.58. The van der Waals surface area contributed by atoms with Gasteiger partial charge in [-0.1, -0.05) is 18.2 Å². The molecule has 0 aliphatic carbocycles. The van der Waals surface area contributed by atoms with Crippen molar-refractivity contribution in [3.63, 3.8) is 0 Å². The number of hydrogen-bond donors (Lipinski definition) is 2. The van der Waals surface area contributed by atoms with E-state index < -0.39 is 0 Å². The molecule has 4 nitrogen and oxygen atoms in total. The van der Waals surface area contributed by atoms with E-state index >= 15 is 0 Å². The Morgan fingerprint density at radius 3 is 2.44 bits per heavy atom. The number of aryl methyl sites for hydroxylation is 2. The van der Waals surface area contributed by atoms with Crippen LogP contribution in [0.3, 0.4) is 0 Å². The zero-order valence-electron chi connectivity index (χ0n) is 16.1. The molecule has 1 fully saturated rings. The van der Waals surface area contributed by atoms with E-state index in [1.807, 2.05) is 37.3 Å². The van der Waals surface area contributed by atoms with Crippen LogP contribution < -0.4 is 10.6 Å². The summed E-state index contributed by atoms with van der Waals surface area (Å²) in [6, 6.07) is 12.5. The summed E-state index contributed by atoms with van der Waals surface area (Å²) < 4.78 is 13.0. The highest BCUT2D eigenvalue weighted by Gasteiger charge is 2.19. The van der Waals surface area contributed by atoms with Gasteiger partial charge in [-0.25, -0.2) is 9.18 Å². The number of nitrogens with zero attached hydrogens (tertiary/aromatic N) is 1. The lowest BCUT2D eigenvalue weighted by atomic mass is 9.96. The van der Waals surface area contributed by atoms with Crippen LogP contribution in [0.4, 0.5) is 14.9 Å². The standard InChI is InChI=1S/C22H28FN3O/c1-16-3-8-21(13-17(16)2)25-22(27)24-14-18-9-11-26(12-10-18)15-19-4-6-20(23)7-5-19/h3-8,13,18H,9-12,14-15H2,1-2H3,(H2,24,25,27). The molecule has 0 spiro atoms. The molecule has 5 heteroatoms. The van der Waals surface area contributed by atoms with Crippen LogP contribution in [0.15, 0.2) is 42.5 Å². The average Bonchev–Trinajstić information content (AvgIpc) is 2.66. The van der Waals surface area contributed by atoms with Gasteiger partial charge in [-0.15, -0.1) is 0 Å². The number of nitrogens with one attached hydrogen (secondary N) is 2. The van der Waals surface area contributed by atoms with Crippen LogP contribution in [0.2, 0.25) is 0 Å². The van der Waals surface area contributed by atoms with Crippen LogP contribution in [-0.4, -0.2) is 30.6 Å². The Bertz CT molecular complexity index is 768. The van der Waals surface area contributed by atoms with Gasteiger partial charge >= 0.3 is 6.03 Å². The van der Waals surface area contributed by atoms with Crippen LogP contribution in [0.25, 0.3) is 0 Å². The maximum absolute atomic E-state index is 13.0. The minimum atomic E-state index is -0.192. The molecule has 3 rings (SSSR count). The molecule has 2 aromatic carbocycles. The van der Waals surface area contributed by atoms with E-state index in [4.69, 9.17) is 0 Å². The minimum absolute atomic E-state index is 0.146. The SMILES string of the molecule is Cc1ccc(NC(=O)NCC2CCN(Cc3ccc(F)cc3)CC2)cc1C. The van der Waals surface area contributed by atoms with Crippen LogP contribution in [0, 0.1) is 25.6 Å². The second-order valence-corrected chi connectivity index (χ2v) is 7.48. The Morgan fingerprint density at radius 2 is 1.78 bits per heavy atom. The highest BCUT2D eigenvalue weighted by atomic mass is 19.1. The second-order valence-electron chi connectivity index (χ2n) is 7.48. The first kappa shape index (κ1) is 19.4. The molecule has 144 valence electrons. The fourth-order valence-corrected chi connectivity index (χ4v) is 3.43. The molecule has 0 unspecified atom stereocenters. The van der Waals surface area contributed by atoms with Crippen molar-refractivity contribution in [2.75, 3.05) is 25.0 Å². The van der Waals surface area contributed by atoms with E-state index in [2.05, 4.69) is 22.5 Å². The van der Waals surface area contributed by atoms with E-state index in [0.717, 1.165) is 43.7 Å². The van der Waals surface area contributed by atoms with Gasteiger partial charge in [0.1, 0.15) is 5.82 Å². The fraction of sp³-hybridized carbons (Fsp3) is 0.409. The first-order valence-corrected chi connectivity index (χ1v) is 9.58. The molecule has 0 radical (unpaired) electrons. The summed E-state index contributed by atoms with van der Waals surface area (Å²) in [6.07, 6.45) is 2.12. The topological polar surface area (TPSA) is 44.4 Å². The molecule has 1 heterocycles. The number of benzene rings is 2. The third-order valence-corrected chi connectivity index (χ3v) is 5.34. The van der Waals surface area contributed by atoms with Gasteiger partial charge in [-0.05, 0) is 86.7 Å². The zero-order chi connectivity index (χ0) is 19.2. The number of hydrogen-bond acceptors (Lipinski definition) is 2. The monoisotopic (exact) mass is 369 g/mol. The Labute approximate surface area is 160 Å². The molecule has 2 amide bonds. The van der Waals surface area contributed by atoms with Crippen molar-refractivity contribution in [2.45, 2.75) is 33.2 Å². The van der Waals surface area contributed by atoms with Crippen LogP contribution in [0.5, 0.6) is 0 Å². The summed E-state index contributed by atoms with van der Waals surface area (Å²) >= 11 is 0. The van der Waals surface area contributed by atoms with Gasteiger partial charge in [0, 0.05) is 18.8 Å². The van der Waals surface area contributed by atoms with E-state index in [9.17, 15) is 9.18 Å². The number of carbonyl (C=O) groups is 1. The van der Waals surface area contributed by atoms with Crippen molar-refractivity contribution >= 4 is 11.7 Å². The summed E-state index contributed by atoms with van der Waals surface area (Å²) in [5.41, 5.74) is 4.35. The first-order chi connectivity index (χ1) is 13.0. The molecule has 0 saturated carbocycles. The Kier molecular flexibility index (Phi) is 6.45. The molecule has 1 aliphatic heterocycles. The average molecular weight is 369 g/mol. The number of piperidine rings is 1. The van der Waals surface area contributed by atoms with Crippen molar-refractivity contribution in [1.29, 1.82) is 0 Å². The van der Waals surface area contributed by atoms with Gasteiger partial charge in [-0.2, -0.15) is 0 Å². The molecule has 27 heavy (non-hydrogen) atoms. The van der Waals surface area contributed by atoms with E-state index in [1.54, 1.807) is 0 Å². The predicted octanol–water partition coefficient (Wildman–Crippen LogP) is 4.48. The normalized spacial score (nSPS) is 15.5. The van der Waals surface area contributed by atoms with Gasteiger partial charge < -0.3 is 10.6 Å². The highest BCUT2D eigenvalue weighted by Crippen LogP contribution is 2.19. The maximum Gasteiger partial charge on any atom is 0.319 e. The maximum atomic E-state index is 13.0. The molecule has 0 bridgehead atoms. The van der Waals surface area contributed by atoms with E-state index in [1.165, 1.54) is 23.3 Å². The number of amides is 2. The Balaban J connectivity index is 1.38. The van der Waals surface area contributed by atoms with Crippen molar-refractivity contribution in [1.82, 2.24) is 10.2 Å². The van der Waals surface area contributed by atoms with Crippen LogP contribution >= 0.6 is 0 Å². The molecular weight excluding hydrogens is 341 g/mol. The highest BCUT2D eigenvalue weighted by molar-refractivity contribution is 5.89. The Morgan fingerprint density at radius 1 is 1.07 bits per heavy atom. The van der Waals surface area contributed by atoms with Crippen LogP contribution in [0.1, 0.15) is 29.5 Å². The number of urea groups is 1. The summed E-state index contributed by atoms with van der Waals surface area (Å²) in [5.74, 6) is 0.308. The number of halogens is 1. The number of likely N-dealkylation sites (tertiary alicyclic amines) is 1. The van der Waals surface area contributed by atoms with E-state index in [0.29, 0.717) is 12.5 Å². The molecule has 0 aromatic heterocycles. The summed E-state index contributed by atoms with van der Waals surface area (Å²) in [6.45, 7) is 7.65. The van der Waals surface area contributed by atoms with Crippen molar-refractivity contribution in [3.05, 3.63) is 65.0 Å². The predicted molar refractivity (Wildman–Crippen MR) is 107 cm³/mol. The van der Waals surface area contributed by atoms with Crippen LogP contribution in [-0.2, 0) is 6.54 Å². The van der Waals surface area contributed by atoms with Gasteiger partial charge in [0.2, 0.25) is 0 Å². The zero-order valence-corrected chi connectivity index (χ0v) is 16.1. The quantitative estimate of drug-likeness (QED) is 0.816. The number of anilines is 1. The van der Waals surface area contributed by atoms with Crippen molar-refractivity contribution in [3.8, 4) is 0 Å². The summed E-state index contributed by atoms with van der Waals surface area (Å²) in [4.78, 5) is 14.5.